The summed E-state index contributed by atoms with van der Waals surface area (Å²) in [5.74, 6) is -1.98. The van der Waals surface area contributed by atoms with Crippen LogP contribution in [0.15, 0.2) is 12.2 Å². The molecule has 0 aromatic carbocycles. The molecule has 0 spiro atoms. The molecule has 0 aromatic rings. The van der Waals surface area contributed by atoms with E-state index in [0.717, 1.165) is 38.5 Å². The largest absolute Gasteiger partial charge is 0.477 e. The van der Waals surface area contributed by atoms with Crippen molar-refractivity contribution in [2.45, 2.75) is 315 Å². The van der Waals surface area contributed by atoms with Gasteiger partial charge in [-0.25, -0.2) is 4.79 Å². The first-order valence-electron chi connectivity index (χ1n) is 30.4. The number of esters is 2. The second-order valence-electron chi connectivity index (χ2n) is 22.0. The first-order valence-corrected chi connectivity index (χ1v) is 30.4. The Kier molecular flexibility index (Phi) is 51.8. The van der Waals surface area contributed by atoms with Gasteiger partial charge in [-0.05, 0) is 38.5 Å². The van der Waals surface area contributed by atoms with E-state index < -0.39 is 18.4 Å². The third-order valence-corrected chi connectivity index (χ3v) is 13.8. The number of aliphatic carboxylic acids is 1. The minimum absolute atomic E-state index is 0.175. The van der Waals surface area contributed by atoms with Gasteiger partial charge < -0.3 is 28.5 Å². The number of hydrogen-bond donors (Lipinski definition) is 1. The molecular formula is C61H118NO8+. The molecule has 9 nitrogen and oxygen atoms in total. The average molecular weight is 994 g/mol. The molecule has 0 aliphatic carbocycles. The van der Waals surface area contributed by atoms with Crippen molar-refractivity contribution in [2.24, 2.45) is 0 Å². The number of quaternary nitrogens is 1. The van der Waals surface area contributed by atoms with Crippen LogP contribution >= 0.6 is 0 Å². The second kappa shape index (κ2) is 53.3. The number of ether oxygens (including phenoxy) is 4. The van der Waals surface area contributed by atoms with E-state index in [1.54, 1.807) is 0 Å². The maximum Gasteiger partial charge on any atom is 0.361 e. The highest BCUT2D eigenvalue weighted by atomic mass is 16.7. The van der Waals surface area contributed by atoms with Crippen LogP contribution in [0.4, 0.5) is 0 Å². The molecule has 2 unspecified atom stereocenters. The third-order valence-electron chi connectivity index (χ3n) is 13.8. The number of nitrogens with zero attached hydrogens (tertiary/aromatic N) is 1. The van der Waals surface area contributed by atoms with Gasteiger partial charge in [0.2, 0.25) is 0 Å². The molecule has 0 bridgehead atoms. The SMILES string of the molecule is CCCCCCCCCC/C=C\CCCCCCCCCCCCCC(=O)OC(COC(=O)CCCCCCCCCCCCCCCCCCCCCCCC)COC(OCC[N+](C)(C)C)C(=O)O. The van der Waals surface area contributed by atoms with Gasteiger partial charge in [0.25, 0.3) is 6.29 Å². The molecule has 70 heavy (non-hydrogen) atoms. The van der Waals surface area contributed by atoms with Crippen molar-refractivity contribution in [2.75, 3.05) is 47.5 Å². The number of hydrogen-bond acceptors (Lipinski definition) is 7. The summed E-state index contributed by atoms with van der Waals surface area (Å²) in [6.07, 6.45) is 58.6. The van der Waals surface area contributed by atoms with E-state index in [1.165, 1.54) is 238 Å². The van der Waals surface area contributed by atoms with Crippen molar-refractivity contribution in [3.8, 4) is 0 Å². The Hall–Kier alpha value is -1.97. The van der Waals surface area contributed by atoms with Gasteiger partial charge in [-0.15, -0.1) is 0 Å². The molecule has 0 amide bonds. The molecule has 0 rings (SSSR count). The molecule has 0 aliphatic rings. The zero-order chi connectivity index (χ0) is 51.3. The molecule has 0 radical (unpaired) electrons. The van der Waals surface area contributed by atoms with E-state index in [9.17, 15) is 19.5 Å². The number of unbranched alkanes of at least 4 members (excludes halogenated alkanes) is 40. The summed E-state index contributed by atoms with van der Waals surface area (Å²) in [5, 5.41) is 9.71. The fourth-order valence-corrected chi connectivity index (χ4v) is 9.07. The first-order chi connectivity index (χ1) is 34.1. The number of carboxylic acid groups (broad SMARTS) is 1. The molecule has 0 aliphatic heterocycles. The highest BCUT2D eigenvalue weighted by Gasteiger charge is 2.25. The summed E-state index contributed by atoms with van der Waals surface area (Å²) in [6, 6.07) is 0. The Balaban J connectivity index is 4.18. The Labute approximate surface area is 434 Å². The summed E-state index contributed by atoms with van der Waals surface area (Å²) in [7, 11) is 5.98. The van der Waals surface area contributed by atoms with E-state index in [4.69, 9.17) is 18.9 Å². The van der Waals surface area contributed by atoms with E-state index in [1.807, 2.05) is 21.1 Å². The number of rotatable bonds is 57. The average Bonchev–Trinajstić information content (AvgIpc) is 3.33. The predicted molar refractivity (Wildman–Crippen MR) is 295 cm³/mol. The van der Waals surface area contributed by atoms with Crippen LogP contribution in [0.3, 0.4) is 0 Å². The number of carbonyl (C=O) groups excluding carboxylic acids is 2. The van der Waals surface area contributed by atoms with Crippen LogP contribution in [-0.4, -0.2) is 87.4 Å². The molecule has 0 saturated heterocycles. The van der Waals surface area contributed by atoms with Crippen molar-refractivity contribution in [3.63, 3.8) is 0 Å². The van der Waals surface area contributed by atoms with Crippen LogP contribution < -0.4 is 0 Å². The molecular weight excluding hydrogens is 875 g/mol. The minimum atomic E-state index is -1.51. The molecule has 0 aromatic heterocycles. The van der Waals surface area contributed by atoms with E-state index in [-0.39, 0.29) is 38.2 Å². The summed E-state index contributed by atoms with van der Waals surface area (Å²) in [6.45, 7) is 4.94. The highest BCUT2D eigenvalue weighted by Crippen LogP contribution is 2.18. The lowest BCUT2D eigenvalue weighted by Gasteiger charge is -2.25. The number of allylic oxidation sites excluding steroid dienone is 2. The maximum absolute atomic E-state index is 12.9. The summed E-state index contributed by atoms with van der Waals surface area (Å²) in [5.41, 5.74) is 0. The van der Waals surface area contributed by atoms with Gasteiger partial charge in [-0.3, -0.25) is 9.59 Å². The molecule has 0 heterocycles. The van der Waals surface area contributed by atoms with Crippen molar-refractivity contribution in [1.29, 1.82) is 0 Å². The Bertz CT molecular complexity index is 1150. The van der Waals surface area contributed by atoms with Gasteiger partial charge in [0.05, 0.1) is 34.4 Å². The lowest BCUT2D eigenvalue weighted by molar-refractivity contribution is -0.870. The van der Waals surface area contributed by atoms with Gasteiger partial charge >= 0.3 is 17.9 Å². The monoisotopic (exact) mass is 993 g/mol. The van der Waals surface area contributed by atoms with Crippen molar-refractivity contribution in [3.05, 3.63) is 12.2 Å². The minimum Gasteiger partial charge on any atom is -0.477 e. The fourth-order valence-electron chi connectivity index (χ4n) is 9.07. The zero-order valence-electron chi connectivity index (χ0n) is 47.2. The Morgan fingerprint density at radius 2 is 0.729 bits per heavy atom. The number of carboxylic acids is 1. The number of carbonyl (C=O) groups is 3. The topological polar surface area (TPSA) is 108 Å². The second-order valence-corrected chi connectivity index (χ2v) is 22.0. The van der Waals surface area contributed by atoms with Crippen molar-refractivity contribution in [1.82, 2.24) is 0 Å². The van der Waals surface area contributed by atoms with Gasteiger partial charge in [0.15, 0.2) is 6.10 Å². The van der Waals surface area contributed by atoms with Gasteiger partial charge in [0, 0.05) is 12.8 Å². The fraction of sp³-hybridized carbons (Fsp3) is 0.918. The quantitative estimate of drug-likeness (QED) is 0.0211. The highest BCUT2D eigenvalue weighted by molar-refractivity contribution is 5.71. The molecule has 9 heteroatoms. The lowest BCUT2D eigenvalue weighted by atomic mass is 10.0. The van der Waals surface area contributed by atoms with Crippen molar-refractivity contribution >= 4 is 17.9 Å². The Morgan fingerprint density at radius 3 is 1.06 bits per heavy atom. The summed E-state index contributed by atoms with van der Waals surface area (Å²) < 4.78 is 22.9. The molecule has 414 valence electrons. The normalized spacial score (nSPS) is 12.8. The van der Waals surface area contributed by atoms with E-state index in [0.29, 0.717) is 17.4 Å². The molecule has 2 atom stereocenters. The van der Waals surface area contributed by atoms with Crippen LogP contribution in [0.5, 0.6) is 0 Å². The van der Waals surface area contributed by atoms with Crippen LogP contribution in [0.25, 0.3) is 0 Å². The standard InChI is InChI=1S/C61H117NO8/c1-6-8-10-12-14-16-18-20-22-24-26-28-30-32-34-36-38-40-42-44-46-48-50-52-59(64)70-57(56-69-61(60(65)66)67-54-53-62(3,4)5)55-68-58(63)51-49-47-45-43-41-39-37-35-33-31-29-27-25-23-21-19-17-15-13-11-9-7-2/h24,26,57,61H,6-23,25,27-56H2,1-5H3/p+1/b26-24-. The predicted octanol–water partition coefficient (Wildman–Crippen LogP) is 17.7. The summed E-state index contributed by atoms with van der Waals surface area (Å²) >= 11 is 0. The maximum atomic E-state index is 12.9. The lowest BCUT2D eigenvalue weighted by Crippen LogP contribution is -2.40. The third kappa shape index (κ3) is 53.8. The van der Waals surface area contributed by atoms with E-state index in [2.05, 4.69) is 26.0 Å². The van der Waals surface area contributed by atoms with Crippen LogP contribution in [-0.2, 0) is 33.3 Å². The van der Waals surface area contributed by atoms with Gasteiger partial charge in [0.1, 0.15) is 13.2 Å². The van der Waals surface area contributed by atoms with Gasteiger partial charge in [-0.1, -0.05) is 264 Å². The smallest absolute Gasteiger partial charge is 0.361 e. The van der Waals surface area contributed by atoms with Crippen LogP contribution in [0, 0.1) is 0 Å². The summed E-state index contributed by atoms with van der Waals surface area (Å²) in [4.78, 5) is 37.5. The van der Waals surface area contributed by atoms with Crippen LogP contribution in [0.2, 0.25) is 0 Å². The van der Waals surface area contributed by atoms with Crippen molar-refractivity contribution < 1.29 is 42.9 Å². The Morgan fingerprint density at radius 1 is 0.414 bits per heavy atom. The number of likely N-dealkylation sites (N-methyl/N-ethyl adjacent to an activating group) is 1. The molecule has 1 N–H and O–H groups in total. The first kappa shape index (κ1) is 68.0. The van der Waals surface area contributed by atoms with Crippen LogP contribution in [0.1, 0.15) is 303 Å². The zero-order valence-corrected chi connectivity index (χ0v) is 47.2. The molecule has 0 fully saturated rings. The molecule has 0 saturated carbocycles. The van der Waals surface area contributed by atoms with E-state index >= 15 is 0 Å². The van der Waals surface area contributed by atoms with Gasteiger partial charge in [-0.2, -0.15) is 0 Å².